The van der Waals surface area contributed by atoms with Gasteiger partial charge in [-0.1, -0.05) is 18.2 Å². The lowest BCUT2D eigenvalue weighted by atomic mass is 10.1. The molecule has 1 aromatic heterocycles. The first-order chi connectivity index (χ1) is 13.5. The maximum atomic E-state index is 13.3. The Bertz CT molecular complexity index is 1010. The Morgan fingerprint density at radius 1 is 0.964 bits per heavy atom. The van der Waals surface area contributed by atoms with E-state index in [0.29, 0.717) is 5.75 Å². The number of nitrogens with zero attached hydrogens (tertiary/aromatic N) is 1. The van der Waals surface area contributed by atoms with E-state index in [1.807, 2.05) is 6.07 Å². The van der Waals surface area contributed by atoms with Crippen LogP contribution in [0.25, 0.3) is 0 Å². The molecule has 0 fully saturated rings. The fourth-order valence-corrected chi connectivity index (χ4v) is 2.39. The van der Waals surface area contributed by atoms with Crippen LogP contribution < -0.4 is 4.74 Å². The van der Waals surface area contributed by atoms with E-state index in [0.717, 1.165) is 18.2 Å². The van der Waals surface area contributed by atoms with Crippen LogP contribution in [0.5, 0.6) is 11.6 Å². The number of hydrogen-bond acceptors (Lipinski definition) is 5. The second-order valence-electron chi connectivity index (χ2n) is 5.81. The van der Waals surface area contributed by atoms with Crippen molar-refractivity contribution >= 4 is 11.8 Å². The number of rotatable bonds is 6. The van der Waals surface area contributed by atoms with Gasteiger partial charge in [-0.15, -0.1) is 0 Å². The lowest BCUT2D eigenvalue weighted by molar-refractivity contribution is 0.0315. The first kappa shape index (κ1) is 19.2. The Morgan fingerprint density at radius 2 is 1.71 bits per heavy atom. The topological polar surface area (TPSA) is 65.5 Å². The molecule has 1 atom stereocenters. The quantitative estimate of drug-likeness (QED) is 0.460. The van der Waals surface area contributed by atoms with Gasteiger partial charge < -0.3 is 9.47 Å². The Kier molecular flexibility index (Phi) is 5.74. The van der Waals surface area contributed by atoms with Crippen LogP contribution in [0.2, 0.25) is 0 Å². The minimum Gasteiger partial charge on any atom is -0.451 e. The monoisotopic (exact) mass is 383 g/mol. The van der Waals surface area contributed by atoms with Gasteiger partial charge in [-0.3, -0.25) is 4.79 Å². The van der Waals surface area contributed by atoms with E-state index in [-0.39, 0.29) is 17.0 Å². The smallest absolute Gasteiger partial charge is 0.344 e. The van der Waals surface area contributed by atoms with Gasteiger partial charge in [-0.05, 0) is 49.4 Å². The number of hydrogen-bond donors (Lipinski definition) is 0. The summed E-state index contributed by atoms with van der Waals surface area (Å²) in [7, 11) is 0. The van der Waals surface area contributed by atoms with Crippen molar-refractivity contribution in [3.05, 3.63) is 89.6 Å². The summed E-state index contributed by atoms with van der Waals surface area (Å²) >= 11 is 0. The third-order valence-electron chi connectivity index (χ3n) is 3.81. The average molecular weight is 383 g/mol. The highest BCUT2D eigenvalue weighted by molar-refractivity contribution is 6.01. The highest BCUT2D eigenvalue weighted by Gasteiger charge is 2.24. The number of benzene rings is 2. The van der Waals surface area contributed by atoms with Gasteiger partial charge in [0.15, 0.2) is 17.7 Å². The molecule has 0 aliphatic rings. The van der Waals surface area contributed by atoms with Crippen LogP contribution in [-0.2, 0) is 4.74 Å². The van der Waals surface area contributed by atoms with Crippen molar-refractivity contribution in [2.75, 3.05) is 0 Å². The molecular weight excluding hydrogens is 368 g/mol. The van der Waals surface area contributed by atoms with Crippen molar-refractivity contribution in [3.8, 4) is 11.6 Å². The van der Waals surface area contributed by atoms with Crippen LogP contribution in [0.1, 0.15) is 27.6 Å². The van der Waals surface area contributed by atoms with Gasteiger partial charge in [0.25, 0.3) is 0 Å². The van der Waals surface area contributed by atoms with Crippen LogP contribution in [-0.4, -0.2) is 22.8 Å². The lowest BCUT2D eigenvalue weighted by Crippen LogP contribution is -2.25. The maximum Gasteiger partial charge on any atom is 0.344 e. The van der Waals surface area contributed by atoms with Crippen molar-refractivity contribution in [3.63, 3.8) is 0 Å². The molecule has 1 heterocycles. The van der Waals surface area contributed by atoms with Crippen LogP contribution in [0.4, 0.5) is 8.78 Å². The summed E-state index contributed by atoms with van der Waals surface area (Å²) in [5.74, 6) is -3.23. The molecular formula is C21H15F2NO4. The maximum absolute atomic E-state index is 13.3. The Balaban J connectivity index is 1.75. The molecule has 0 spiro atoms. The fourth-order valence-electron chi connectivity index (χ4n) is 2.39. The summed E-state index contributed by atoms with van der Waals surface area (Å²) < 4.78 is 37.1. The number of esters is 1. The van der Waals surface area contributed by atoms with E-state index in [2.05, 4.69) is 4.98 Å². The fraction of sp³-hybridized carbons (Fsp3) is 0.0952. The van der Waals surface area contributed by atoms with Gasteiger partial charge in [0.2, 0.25) is 11.7 Å². The van der Waals surface area contributed by atoms with Crippen molar-refractivity contribution < 1.29 is 27.8 Å². The zero-order valence-electron chi connectivity index (χ0n) is 14.8. The summed E-state index contributed by atoms with van der Waals surface area (Å²) in [5, 5.41) is 0. The Hall–Kier alpha value is -3.61. The Morgan fingerprint density at radius 3 is 2.43 bits per heavy atom. The van der Waals surface area contributed by atoms with Crippen LogP contribution in [0, 0.1) is 11.6 Å². The first-order valence-corrected chi connectivity index (χ1v) is 8.34. The number of aromatic nitrogens is 1. The largest absolute Gasteiger partial charge is 0.451 e. The van der Waals surface area contributed by atoms with Gasteiger partial charge >= 0.3 is 5.97 Å². The zero-order valence-corrected chi connectivity index (χ0v) is 14.8. The first-order valence-electron chi connectivity index (χ1n) is 8.34. The predicted octanol–water partition coefficient (Wildman–Crippen LogP) is 4.58. The SMILES string of the molecule is CC(OC(=O)c1cccnc1Oc1ccccc1)C(=O)c1ccc(F)c(F)c1. The second kappa shape index (κ2) is 8.39. The van der Waals surface area contributed by atoms with Crippen molar-refractivity contribution in [1.82, 2.24) is 4.98 Å². The number of para-hydroxylation sites is 1. The standard InChI is InChI=1S/C21H15F2NO4/c1-13(19(25)14-9-10-17(22)18(23)12-14)27-21(26)16-8-5-11-24-20(16)28-15-6-3-2-4-7-15/h2-13H,1H3. The van der Waals surface area contributed by atoms with Crippen molar-refractivity contribution in [2.24, 2.45) is 0 Å². The van der Waals surface area contributed by atoms with Gasteiger partial charge in [0, 0.05) is 11.8 Å². The van der Waals surface area contributed by atoms with E-state index in [1.54, 1.807) is 24.3 Å². The molecule has 0 saturated carbocycles. The molecule has 0 radical (unpaired) electrons. The molecule has 1 unspecified atom stereocenters. The van der Waals surface area contributed by atoms with Gasteiger partial charge in [-0.2, -0.15) is 0 Å². The minimum atomic E-state index is -1.22. The molecule has 0 N–H and O–H groups in total. The lowest BCUT2D eigenvalue weighted by Gasteiger charge is -2.14. The van der Waals surface area contributed by atoms with Gasteiger partial charge in [-0.25, -0.2) is 18.6 Å². The molecule has 0 amide bonds. The summed E-state index contributed by atoms with van der Waals surface area (Å²) in [5.41, 5.74) is -0.0811. The number of ketones is 1. The number of halogens is 2. The van der Waals surface area contributed by atoms with Crippen LogP contribution in [0.3, 0.4) is 0 Å². The van der Waals surface area contributed by atoms with E-state index in [1.165, 1.54) is 25.3 Å². The molecule has 3 rings (SSSR count). The third kappa shape index (κ3) is 4.37. The molecule has 0 aliphatic heterocycles. The number of carbonyl (C=O) groups excluding carboxylic acids is 2. The molecule has 7 heteroatoms. The normalized spacial score (nSPS) is 11.5. The van der Waals surface area contributed by atoms with Gasteiger partial charge in [0.1, 0.15) is 11.3 Å². The zero-order chi connectivity index (χ0) is 20.1. The van der Waals surface area contributed by atoms with Crippen LogP contribution >= 0.6 is 0 Å². The highest BCUT2D eigenvalue weighted by Crippen LogP contribution is 2.24. The second-order valence-corrected chi connectivity index (χ2v) is 5.81. The molecule has 28 heavy (non-hydrogen) atoms. The van der Waals surface area contributed by atoms with Gasteiger partial charge in [0.05, 0.1) is 0 Å². The summed E-state index contributed by atoms with van der Waals surface area (Å²) in [6.45, 7) is 1.34. The molecule has 5 nitrogen and oxygen atoms in total. The van der Waals surface area contributed by atoms with E-state index in [4.69, 9.17) is 9.47 Å². The number of carbonyl (C=O) groups is 2. The molecule has 0 saturated heterocycles. The molecule has 0 bridgehead atoms. The highest BCUT2D eigenvalue weighted by atomic mass is 19.2. The van der Waals surface area contributed by atoms with Crippen molar-refractivity contribution in [2.45, 2.75) is 13.0 Å². The molecule has 142 valence electrons. The summed E-state index contributed by atoms with van der Waals surface area (Å²) in [6.07, 6.45) is 0.229. The summed E-state index contributed by atoms with van der Waals surface area (Å²) in [6, 6.07) is 14.4. The van der Waals surface area contributed by atoms with E-state index in [9.17, 15) is 18.4 Å². The predicted molar refractivity (Wildman–Crippen MR) is 96.3 cm³/mol. The van der Waals surface area contributed by atoms with Crippen molar-refractivity contribution in [1.29, 1.82) is 0 Å². The molecule has 2 aromatic carbocycles. The van der Waals surface area contributed by atoms with E-state index < -0.39 is 29.5 Å². The average Bonchev–Trinajstić information content (AvgIpc) is 2.70. The third-order valence-corrected chi connectivity index (χ3v) is 3.81. The van der Waals surface area contributed by atoms with E-state index >= 15 is 0 Å². The van der Waals surface area contributed by atoms with Crippen LogP contribution in [0.15, 0.2) is 66.9 Å². The number of ether oxygens (including phenoxy) is 2. The summed E-state index contributed by atoms with van der Waals surface area (Å²) in [4.78, 5) is 28.9. The Labute approximate surface area is 159 Å². The molecule has 0 aliphatic carbocycles. The molecule has 3 aromatic rings. The minimum absolute atomic E-state index is 0.0196. The number of Topliss-reactive ketones (excluding diaryl/α,β-unsaturated/α-hetero) is 1. The number of pyridine rings is 1.